The average Bonchev–Trinajstić information content (AvgIpc) is 2.86. The highest BCUT2D eigenvalue weighted by atomic mass is 35.5. The van der Waals surface area contributed by atoms with Crippen LogP contribution in [0.2, 0.25) is 10.0 Å². The Kier molecular flexibility index (Phi) is 7.38. The normalized spacial score (nSPS) is 10.8. The van der Waals surface area contributed by atoms with Crippen molar-refractivity contribution < 1.29 is 4.74 Å². The lowest BCUT2D eigenvalue weighted by Gasteiger charge is -2.16. The van der Waals surface area contributed by atoms with E-state index in [1.54, 1.807) is 67.9 Å². The van der Waals surface area contributed by atoms with Gasteiger partial charge in [0, 0.05) is 18.3 Å². The SMILES string of the molecule is COc1ccc(Cn2c(=O)nc(NCc3cccnc3N)n(Cc3ccc(Cl)c(Cl)c3)c2=O)cc1. The summed E-state index contributed by atoms with van der Waals surface area (Å²) in [7, 11) is 1.57. The van der Waals surface area contributed by atoms with Gasteiger partial charge in [-0.2, -0.15) is 4.98 Å². The van der Waals surface area contributed by atoms with Gasteiger partial charge in [0.05, 0.1) is 30.2 Å². The van der Waals surface area contributed by atoms with E-state index in [9.17, 15) is 9.59 Å². The number of nitrogens with one attached hydrogen (secondary N) is 1. The summed E-state index contributed by atoms with van der Waals surface area (Å²) in [6, 6.07) is 15.7. The largest absolute Gasteiger partial charge is 0.497 e. The van der Waals surface area contributed by atoms with Gasteiger partial charge in [0.1, 0.15) is 11.6 Å². The fourth-order valence-corrected chi connectivity index (χ4v) is 3.77. The van der Waals surface area contributed by atoms with Crippen molar-refractivity contribution in [2.75, 3.05) is 18.2 Å². The van der Waals surface area contributed by atoms with Crippen LogP contribution in [0.25, 0.3) is 0 Å². The summed E-state index contributed by atoms with van der Waals surface area (Å²) in [5.41, 5.74) is 6.87. The van der Waals surface area contributed by atoms with E-state index in [-0.39, 0.29) is 25.6 Å². The number of pyridine rings is 1. The molecular formula is C24H22Cl2N6O3. The van der Waals surface area contributed by atoms with Gasteiger partial charge in [0.15, 0.2) is 0 Å². The van der Waals surface area contributed by atoms with Crippen LogP contribution in [0.3, 0.4) is 0 Å². The molecule has 2 aromatic heterocycles. The van der Waals surface area contributed by atoms with Crippen molar-refractivity contribution in [2.24, 2.45) is 0 Å². The third-order valence-electron chi connectivity index (χ3n) is 5.34. The minimum Gasteiger partial charge on any atom is -0.497 e. The molecule has 180 valence electrons. The van der Waals surface area contributed by atoms with Gasteiger partial charge in [0.25, 0.3) is 0 Å². The highest BCUT2D eigenvalue weighted by molar-refractivity contribution is 6.42. The van der Waals surface area contributed by atoms with Crippen molar-refractivity contribution in [3.05, 3.63) is 108 Å². The zero-order valence-corrected chi connectivity index (χ0v) is 20.3. The molecule has 2 aromatic carbocycles. The highest BCUT2D eigenvalue weighted by Gasteiger charge is 2.15. The molecule has 4 aromatic rings. The van der Waals surface area contributed by atoms with Crippen LogP contribution in [0, 0.1) is 0 Å². The number of nitrogens with two attached hydrogens (primary N) is 1. The Balaban J connectivity index is 1.73. The summed E-state index contributed by atoms with van der Waals surface area (Å²) in [5, 5.41) is 3.80. The van der Waals surface area contributed by atoms with E-state index < -0.39 is 11.4 Å². The molecule has 0 saturated heterocycles. The van der Waals surface area contributed by atoms with Gasteiger partial charge < -0.3 is 15.8 Å². The molecule has 11 heteroatoms. The quantitative estimate of drug-likeness (QED) is 0.371. The summed E-state index contributed by atoms with van der Waals surface area (Å²) in [6.07, 6.45) is 1.58. The minimum atomic E-state index is -0.683. The molecule has 0 spiro atoms. The summed E-state index contributed by atoms with van der Waals surface area (Å²) in [5.74, 6) is 1.11. The number of halogens is 2. The Hall–Kier alpha value is -3.82. The van der Waals surface area contributed by atoms with Crippen LogP contribution >= 0.6 is 23.2 Å². The lowest BCUT2D eigenvalue weighted by Crippen LogP contribution is -2.43. The van der Waals surface area contributed by atoms with E-state index in [4.69, 9.17) is 33.7 Å². The lowest BCUT2D eigenvalue weighted by atomic mass is 10.2. The van der Waals surface area contributed by atoms with Gasteiger partial charge in [-0.1, -0.05) is 47.5 Å². The van der Waals surface area contributed by atoms with Gasteiger partial charge in [-0.05, 0) is 41.5 Å². The molecular weight excluding hydrogens is 491 g/mol. The van der Waals surface area contributed by atoms with Crippen LogP contribution in [-0.2, 0) is 19.6 Å². The van der Waals surface area contributed by atoms with E-state index in [1.807, 2.05) is 0 Å². The fraction of sp³-hybridized carbons (Fsp3) is 0.167. The summed E-state index contributed by atoms with van der Waals surface area (Å²) in [4.78, 5) is 34.6. The van der Waals surface area contributed by atoms with E-state index in [1.165, 1.54) is 4.57 Å². The van der Waals surface area contributed by atoms with Crippen LogP contribution in [0.4, 0.5) is 11.8 Å². The number of hydrogen-bond donors (Lipinski definition) is 2. The van der Waals surface area contributed by atoms with E-state index in [0.717, 1.165) is 10.1 Å². The van der Waals surface area contributed by atoms with Crippen molar-refractivity contribution in [1.29, 1.82) is 0 Å². The number of methoxy groups -OCH3 is 1. The van der Waals surface area contributed by atoms with Crippen LogP contribution in [0.1, 0.15) is 16.7 Å². The lowest BCUT2D eigenvalue weighted by molar-refractivity contribution is 0.414. The predicted molar refractivity (Wildman–Crippen MR) is 136 cm³/mol. The molecule has 3 N–H and O–H groups in total. The monoisotopic (exact) mass is 512 g/mol. The molecule has 2 heterocycles. The smallest absolute Gasteiger partial charge is 0.355 e. The van der Waals surface area contributed by atoms with Crippen molar-refractivity contribution in [3.63, 3.8) is 0 Å². The topological polar surface area (TPSA) is 117 Å². The standard InChI is InChI=1S/C24H22Cl2N6O3/c1-35-18-7-4-15(5-8-18)13-32-23(33)30-22(29-12-17-3-2-10-28-21(17)27)31(24(32)34)14-16-6-9-19(25)20(26)11-16/h2-11H,12-14H2,1H3,(H2,27,28)(H,29,30,33). The second kappa shape index (κ2) is 10.6. The van der Waals surface area contributed by atoms with Crippen LogP contribution in [0.5, 0.6) is 5.75 Å². The number of ether oxygens (including phenoxy) is 1. The molecule has 9 nitrogen and oxygen atoms in total. The fourth-order valence-electron chi connectivity index (χ4n) is 3.45. The Morgan fingerprint density at radius 1 is 0.971 bits per heavy atom. The molecule has 0 aliphatic rings. The Labute approximate surface area is 210 Å². The second-order valence-electron chi connectivity index (χ2n) is 7.67. The summed E-state index contributed by atoms with van der Waals surface area (Å²) in [6.45, 7) is 0.373. The first-order valence-electron chi connectivity index (χ1n) is 10.6. The average molecular weight is 513 g/mol. The summed E-state index contributed by atoms with van der Waals surface area (Å²) < 4.78 is 7.61. The number of hydrogen-bond acceptors (Lipinski definition) is 7. The van der Waals surface area contributed by atoms with Crippen molar-refractivity contribution in [1.82, 2.24) is 19.1 Å². The first-order valence-corrected chi connectivity index (χ1v) is 11.3. The number of rotatable bonds is 8. The highest BCUT2D eigenvalue weighted by Crippen LogP contribution is 2.23. The molecule has 0 saturated carbocycles. The number of nitrogens with zero attached hydrogens (tertiary/aromatic N) is 4. The molecule has 0 unspecified atom stereocenters. The maximum absolute atomic E-state index is 13.5. The van der Waals surface area contributed by atoms with Gasteiger partial charge in [0.2, 0.25) is 5.95 Å². The third-order valence-corrected chi connectivity index (χ3v) is 6.08. The molecule has 35 heavy (non-hydrogen) atoms. The molecule has 0 fully saturated rings. The maximum Gasteiger partial charge on any atom is 0.355 e. The Morgan fingerprint density at radius 2 is 1.69 bits per heavy atom. The minimum absolute atomic E-state index is 0.0475. The van der Waals surface area contributed by atoms with Crippen LogP contribution < -0.4 is 27.2 Å². The molecule has 0 atom stereocenters. The van der Waals surface area contributed by atoms with Gasteiger partial charge in [-0.3, -0.25) is 4.57 Å². The number of benzene rings is 2. The van der Waals surface area contributed by atoms with Crippen molar-refractivity contribution in [3.8, 4) is 5.75 Å². The van der Waals surface area contributed by atoms with Crippen molar-refractivity contribution >= 4 is 35.0 Å². The molecule has 0 aliphatic carbocycles. The van der Waals surface area contributed by atoms with Crippen LogP contribution in [0.15, 0.2) is 70.4 Å². The third kappa shape index (κ3) is 5.64. The predicted octanol–water partition coefficient (Wildman–Crippen LogP) is 3.41. The zero-order chi connectivity index (χ0) is 24.9. The van der Waals surface area contributed by atoms with Crippen molar-refractivity contribution in [2.45, 2.75) is 19.6 Å². The number of aromatic nitrogens is 4. The molecule has 0 aliphatic heterocycles. The first kappa shape index (κ1) is 24.3. The first-order chi connectivity index (χ1) is 16.9. The van der Waals surface area contributed by atoms with E-state index >= 15 is 0 Å². The number of anilines is 2. The molecule has 0 bridgehead atoms. The summed E-state index contributed by atoms with van der Waals surface area (Å²) >= 11 is 12.2. The van der Waals surface area contributed by atoms with Gasteiger partial charge >= 0.3 is 11.4 Å². The maximum atomic E-state index is 13.5. The van der Waals surface area contributed by atoms with E-state index in [0.29, 0.717) is 32.7 Å². The van der Waals surface area contributed by atoms with Gasteiger partial charge in [-0.15, -0.1) is 0 Å². The number of nitrogen functional groups attached to an aromatic ring is 1. The molecule has 0 amide bonds. The second-order valence-corrected chi connectivity index (χ2v) is 8.49. The molecule has 4 rings (SSSR count). The van der Waals surface area contributed by atoms with E-state index in [2.05, 4.69) is 15.3 Å². The Morgan fingerprint density at radius 3 is 2.37 bits per heavy atom. The molecule has 0 radical (unpaired) electrons. The van der Waals surface area contributed by atoms with Gasteiger partial charge in [-0.25, -0.2) is 19.1 Å². The van der Waals surface area contributed by atoms with Crippen LogP contribution in [-0.4, -0.2) is 26.2 Å². The Bertz CT molecular complexity index is 1470. The zero-order valence-electron chi connectivity index (χ0n) is 18.7.